The van der Waals surface area contributed by atoms with Gasteiger partial charge >= 0.3 is 0 Å². The number of hydrogen-bond acceptors (Lipinski definition) is 6. The Hall–Kier alpha value is -1.99. The minimum Gasteiger partial charge on any atom is -0.504 e. The highest BCUT2D eigenvalue weighted by Gasteiger charge is 2.25. The molecule has 7 heteroatoms. The number of primary amides is 1. The van der Waals surface area contributed by atoms with E-state index in [1.807, 2.05) is 0 Å². The number of rotatable bonds is 4. The topological polar surface area (TPSA) is 133 Å². The Labute approximate surface area is 96.7 Å². The zero-order valence-electron chi connectivity index (χ0n) is 8.99. The number of nitrogens with two attached hydrogens (primary N) is 1. The van der Waals surface area contributed by atoms with Crippen molar-refractivity contribution in [1.29, 1.82) is 0 Å². The van der Waals surface area contributed by atoms with Crippen LogP contribution in [0.25, 0.3) is 0 Å². The van der Waals surface area contributed by atoms with Crippen molar-refractivity contribution in [3.8, 4) is 17.2 Å². The highest BCUT2D eigenvalue weighted by molar-refractivity contribution is 5.79. The summed E-state index contributed by atoms with van der Waals surface area (Å²) in [4.78, 5) is 10.7. The zero-order valence-corrected chi connectivity index (χ0v) is 8.99. The summed E-state index contributed by atoms with van der Waals surface area (Å²) < 4.78 is 4.74. The molecule has 0 aromatic heterocycles. The number of phenols is 2. The first-order valence-corrected chi connectivity index (χ1v) is 4.63. The molecular formula is C10H13NO6. The number of aliphatic hydroxyl groups is 2. The first kappa shape index (κ1) is 13.1. The minimum atomic E-state index is -1.82. The first-order chi connectivity index (χ1) is 7.88. The number of carbonyl (C=O) groups excluding carboxylic acids is 1. The average Bonchev–Trinajstić information content (AvgIpc) is 2.30. The largest absolute Gasteiger partial charge is 0.504 e. The fourth-order valence-corrected chi connectivity index (χ4v) is 1.28. The maximum atomic E-state index is 10.7. The second kappa shape index (κ2) is 4.89. The van der Waals surface area contributed by atoms with E-state index in [-0.39, 0.29) is 11.3 Å². The third-order valence-electron chi connectivity index (χ3n) is 2.23. The molecule has 1 rings (SSSR count). The van der Waals surface area contributed by atoms with Crippen molar-refractivity contribution < 1.29 is 30.0 Å². The van der Waals surface area contributed by atoms with E-state index in [0.29, 0.717) is 0 Å². The van der Waals surface area contributed by atoms with Crippen molar-refractivity contribution in [3.05, 3.63) is 17.7 Å². The number of methoxy groups -OCH3 is 1. The number of benzene rings is 1. The van der Waals surface area contributed by atoms with Crippen LogP contribution in [0.4, 0.5) is 0 Å². The summed E-state index contributed by atoms with van der Waals surface area (Å²) in [5.41, 5.74) is 4.81. The number of ether oxygens (including phenoxy) is 1. The van der Waals surface area contributed by atoms with Crippen LogP contribution in [-0.4, -0.2) is 39.5 Å². The molecule has 0 fully saturated rings. The van der Waals surface area contributed by atoms with Gasteiger partial charge in [0.05, 0.1) is 7.11 Å². The molecule has 7 nitrogen and oxygen atoms in total. The van der Waals surface area contributed by atoms with E-state index in [2.05, 4.69) is 0 Å². The molecule has 17 heavy (non-hydrogen) atoms. The molecule has 2 unspecified atom stereocenters. The van der Waals surface area contributed by atoms with E-state index in [4.69, 9.17) is 10.5 Å². The van der Waals surface area contributed by atoms with Crippen molar-refractivity contribution in [2.75, 3.05) is 7.11 Å². The Morgan fingerprint density at radius 1 is 1.35 bits per heavy atom. The number of hydrogen-bond donors (Lipinski definition) is 5. The van der Waals surface area contributed by atoms with E-state index < -0.39 is 29.6 Å². The maximum absolute atomic E-state index is 10.7. The van der Waals surface area contributed by atoms with Gasteiger partial charge in [0.25, 0.3) is 0 Å². The van der Waals surface area contributed by atoms with Crippen molar-refractivity contribution >= 4 is 5.91 Å². The number of aliphatic hydroxyl groups excluding tert-OH is 2. The number of carbonyl (C=O) groups is 1. The monoisotopic (exact) mass is 243 g/mol. The van der Waals surface area contributed by atoms with Crippen LogP contribution in [0.2, 0.25) is 0 Å². The summed E-state index contributed by atoms with van der Waals surface area (Å²) in [6, 6.07) is 2.17. The second-order valence-corrected chi connectivity index (χ2v) is 3.38. The lowest BCUT2D eigenvalue weighted by Gasteiger charge is -2.16. The Morgan fingerprint density at radius 3 is 2.41 bits per heavy atom. The molecule has 6 N–H and O–H groups in total. The summed E-state index contributed by atoms with van der Waals surface area (Å²) >= 11 is 0. The van der Waals surface area contributed by atoms with Crippen molar-refractivity contribution in [2.24, 2.45) is 5.73 Å². The van der Waals surface area contributed by atoms with E-state index in [9.17, 15) is 25.2 Å². The molecule has 0 spiro atoms. The molecule has 0 aliphatic heterocycles. The van der Waals surface area contributed by atoms with E-state index >= 15 is 0 Å². The zero-order chi connectivity index (χ0) is 13.2. The molecule has 0 saturated carbocycles. The maximum Gasteiger partial charge on any atom is 0.249 e. The van der Waals surface area contributed by atoms with Gasteiger partial charge in [-0.25, -0.2) is 0 Å². The SMILES string of the molecule is COc1cc(C(O)C(O)C(N)=O)cc(O)c1O. The van der Waals surface area contributed by atoms with Crippen molar-refractivity contribution in [2.45, 2.75) is 12.2 Å². The molecule has 0 aliphatic carbocycles. The summed E-state index contributed by atoms with van der Waals surface area (Å²) in [5.74, 6) is -2.26. The Balaban J connectivity index is 3.15. The van der Waals surface area contributed by atoms with Crippen LogP contribution < -0.4 is 10.5 Å². The Kier molecular flexibility index (Phi) is 3.77. The number of phenolic OH excluding ortho intramolecular Hbond substituents is 2. The molecule has 1 amide bonds. The molecular weight excluding hydrogens is 230 g/mol. The minimum absolute atomic E-state index is 0.0107. The summed E-state index contributed by atoms with van der Waals surface area (Å²) in [7, 11) is 1.25. The first-order valence-electron chi connectivity index (χ1n) is 4.63. The van der Waals surface area contributed by atoms with Gasteiger partial charge in [-0.05, 0) is 17.7 Å². The molecule has 0 heterocycles. The summed E-state index contributed by atoms with van der Waals surface area (Å²) in [6.07, 6.45) is -3.43. The van der Waals surface area contributed by atoms with Crippen LogP contribution in [0.1, 0.15) is 11.7 Å². The van der Waals surface area contributed by atoms with E-state index in [0.717, 1.165) is 6.07 Å². The lowest BCUT2D eigenvalue weighted by atomic mass is 10.0. The molecule has 0 radical (unpaired) electrons. The third kappa shape index (κ3) is 2.58. The Bertz CT molecular complexity index is 433. The molecule has 0 aliphatic rings. The smallest absolute Gasteiger partial charge is 0.249 e. The second-order valence-electron chi connectivity index (χ2n) is 3.38. The van der Waals surface area contributed by atoms with Gasteiger partial charge in [0.15, 0.2) is 17.6 Å². The van der Waals surface area contributed by atoms with Gasteiger partial charge in [0, 0.05) is 0 Å². The molecule has 94 valence electrons. The van der Waals surface area contributed by atoms with Crippen LogP contribution in [-0.2, 0) is 4.79 Å². The lowest BCUT2D eigenvalue weighted by Crippen LogP contribution is -2.33. The summed E-state index contributed by atoms with van der Waals surface area (Å²) in [5, 5.41) is 37.5. The highest BCUT2D eigenvalue weighted by atomic mass is 16.5. The van der Waals surface area contributed by atoms with Gasteiger partial charge in [-0.3, -0.25) is 4.79 Å². The average molecular weight is 243 g/mol. The number of aromatic hydroxyl groups is 2. The van der Waals surface area contributed by atoms with Crippen LogP contribution in [0, 0.1) is 0 Å². The van der Waals surface area contributed by atoms with E-state index in [1.54, 1.807) is 0 Å². The van der Waals surface area contributed by atoms with E-state index in [1.165, 1.54) is 13.2 Å². The van der Waals surface area contributed by atoms with Crippen LogP contribution >= 0.6 is 0 Å². The lowest BCUT2D eigenvalue weighted by molar-refractivity contribution is -0.132. The summed E-state index contributed by atoms with van der Waals surface area (Å²) in [6.45, 7) is 0. The molecule has 0 saturated heterocycles. The predicted molar refractivity (Wildman–Crippen MR) is 56.5 cm³/mol. The van der Waals surface area contributed by atoms with Gasteiger partial charge in [-0.1, -0.05) is 0 Å². The molecule has 1 aromatic carbocycles. The van der Waals surface area contributed by atoms with Gasteiger partial charge in [-0.15, -0.1) is 0 Å². The molecule has 1 aromatic rings. The molecule has 0 bridgehead atoms. The fraction of sp³-hybridized carbons (Fsp3) is 0.300. The standard InChI is InChI=1S/C10H13NO6/c1-17-6-3-4(2-5(12)8(6)14)7(13)9(15)10(11)16/h2-3,7,9,12-15H,1H3,(H2,11,16). The van der Waals surface area contributed by atoms with Crippen molar-refractivity contribution in [1.82, 2.24) is 0 Å². The predicted octanol–water partition coefficient (Wildman–Crippen LogP) is -1.01. The van der Waals surface area contributed by atoms with Crippen LogP contribution in [0.15, 0.2) is 12.1 Å². The molecule has 2 atom stereocenters. The Morgan fingerprint density at radius 2 is 1.94 bits per heavy atom. The quantitative estimate of drug-likeness (QED) is 0.430. The van der Waals surface area contributed by atoms with Crippen LogP contribution in [0.5, 0.6) is 17.2 Å². The fourth-order valence-electron chi connectivity index (χ4n) is 1.28. The van der Waals surface area contributed by atoms with Gasteiger partial charge in [0.2, 0.25) is 11.7 Å². The van der Waals surface area contributed by atoms with Gasteiger partial charge in [0.1, 0.15) is 6.10 Å². The number of amides is 1. The highest BCUT2D eigenvalue weighted by Crippen LogP contribution is 2.38. The van der Waals surface area contributed by atoms with Crippen LogP contribution in [0.3, 0.4) is 0 Å². The third-order valence-corrected chi connectivity index (χ3v) is 2.23. The normalized spacial score (nSPS) is 14.1. The van der Waals surface area contributed by atoms with Crippen molar-refractivity contribution in [3.63, 3.8) is 0 Å². The van der Waals surface area contributed by atoms with Gasteiger partial charge < -0.3 is 30.9 Å². The van der Waals surface area contributed by atoms with Gasteiger partial charge in [-0.2, -0.15) is 0 Å².